The topological polar surface area (TPSA) is 20.2 Å². The Balaban J connectivity index is 2.45. The molecule has 13 heavy (non-hydrogen) atoms. The van der Waals surface area contributed by atoms with Crippen molar-refractivity contribution in [1.82, 2.24) is 0 Å². The van der Waals surface area contributed by atoms with Crippen molar-refractivity contribution in [3.8, 4) is 0 Å². The van der Waals surface area contributed by atoms with Crippen molar-refractivity contribution in [2.24, 2.45) is 0 Å². The van der Waals surface area contributed by atoms with Gasteiger partial charge in [-0.2, -0.15) is 0 Å². The predicted octanol–water partition coefficient (Wildman–Crippen LogP) is 2.89. The number of hydrogen-bond acceptors (Lipinski definition) is 1. The molecule has 1 N–H and O–H groups in total. The monoisotopic (exact) mass is 240 g/mol. The first-order valence-corrected chi connectivity index (χ1v) is 5.03. The average molecular weight is 241 g/mol. The fourth-order valence-corrected chi connectivity index (χ4v) is 1.59. The van der Waals surface area contributed by atoms with E-state index in [2.05, 4.69) is 22.5 Å². The Morgan fingerprint density at radius 1 is 1.38 bits per heavy atom. The summed E-state index contributed by atoms with van der Waals surface area (Å²) in [6.45, 7) is 3.69. The number of hydrogen-bond donors (Lipinski definition) is 1. The van der Waals surface area contributed by atoms with Crippen LogP contribution in [-0.2, 0) is 6.42 Å². The zero-order valence-corrected chi connectivity index (χ0v) is 9.00. The molecule has 1 rings (SSSR count). The Morgan fingerprint density at radius 3 is 2.54 bits per heavy atom. The van der Waals surface area contributed by atoms with E-state index in [-0.39, 0.29) is 6.10 Å². The molecule has 0 radical (unpaired) electrons. The number of halogens is 1. The quantitative estimate of drug-likeness (QED) is 0.859. The highest BCUT2D eigenvalue weighted by Crippen LogP contribution is 2.13. The summed E-state index contributed by atoms with van der Waals surface area (Å²) >= 11 is 3.23. The summed E-state index contributed by atoms with van der Waals surface area (Å²) in [6.07, 6.45) is 0.953. The summed E-state index contributed by atoms with van der Waals surface area (Å²) in [7, 11) is 0. The molecule has 0 aliphatic carbocycles. The third-order valence-electron chi connectivity index (χ3n) is 1.77. The molecule has 0 fully saturated rings. The van der Waals surface area contributed by atoms with Crippen LogP contribution in [0.4, 0.5) is 0 Å². The molecular formula is C11H13BrO. The number of benzene rings is 1. The van der Waals surface area contributed by atoms with Gasteiger partial charge in [0, 0.05) is 6.42 Å². The first-order valence-electron chi connectivity index (χ1n) is 4.24. The molecule has 0 bridgehead atoms. The molecule has 1 unspecified atom stereocenters. The van der Waals surface area contributed by atoms with Crippen LogP contribution in [-0.4, -0.2) is 11.2 Å². The standard InChI is InChI=1S/C11H13BrO/c1-9(12)7-11(13)8-10-5-3-2-4-6-10/h2-6,11,13H,1,7-8H2. The van der Waals surface area contributed by atoms with Crippen molar-refractivity contribution in [2.75, 3.05) is 0 Å². The third-order valence-corrected chi connectivity index (χ3v) is 2.10. The molecular weight excluding hydrogens is 228 g/mol. The number of aliphatic hydroxyl groups is 1. The molecule has 1 nitrogen and oxygen atoms in total. The molecule has 0 aliphatic rings. The van der Waals surface area contributed by atoms with Gasteiger partial charge in [0.2, 0.25) is 0 Å². The summed E-state index contributed by atoms with van der Waals surface area (Å²) in [4.78, 5) is 0. The second kappa shape index (κ2) is 5.20. The maximum absolute atomic E-state index is 9.58. The SMILES string of the molecule is C=C(Br)CC(O)Cc1ccccc1. The predicted molar refractivity (Wildman–Crippen MR) is 58.8 cm³/mol. The lowest BCUT2D eigenvalue weighted by molar-refractivity contribution is 0.178. The maximum Gasteiger partial charge on any atom is 0.0625 e. The van der Waals surface area contributed by atoms with Gasteiger partial charge in [0.15, 0.2) is 0 Å². The average Bonchev–Trinajstić information content (AvgIpc) is 2.04. The Kier molecular flexibility index (Phi) is 4.19. The normalized spacial score (nSPS) is 12.5. The molecule has 1 atom stereocenters. The smallest absolute Gasteiger partial charge is 0.0625 e. The van der Waals surface area contributed by atoms with Crippen LogP contribution >= 0.6 is 15.9 Å². The van der Waals surface area contributed by atoms with Gasteiger partial charge in [-0.1, -0.05) is 52.8 Å². The van der Waals surface area contributed by atoms with Gasteiger partial charge in [0.1, 0.15) is 0 Å². The molecule has 0 aliphatic heterocycles. The van der Waals surface area contributed by atoms with Crippen molar-refractivity contribution in [2.45, 2.75) is 18.9 Å². The van der Waals surface area contributed by atoms with Gasteiger partial charge in [-0.3, -0.25) is 0 Å². The minimum absolute atomic E-state index is 0.339. The van der Waals surface area contributed by atoms with Crippen LogP contribution in [0, 0.1) is 0 Å². The van der Waals surface area contributed by atoms with E-state index >= 15 is 0 Å². The molecule has 0 spiro atoms. The first kappa shape index (κ1) is 10.5. The van der Waals surface area contributed by atoms with E-state index in [0.717, 1.165) is 10.0 Å². The highest BCUT2D eigenvalue weighted by molar-refractivity contribution is 9.11. The molecule has 0 saturated carbocycles. The minimum Gasteiger partial charge on any atom is -0.392 e. The minimum atomic E-state index is -0.339. The van der Waals surface area contributed by atoms with Gasteiger partial charge in [0.05, 0.1) is 6.10 Å². The summed E-state index contributed by atoms with van der Waals surface area (Å²) in [6, 6.07) is 9.95. The molecule has 0 amide bonds. The Bertz CT molecular complexity index is 269. The van der Waals surface area contributed by atoms with Crippen molar-refractivity contribution in [3.05, 3.63) is 47.0 Å². The molecule has 0 aromatic heterocycles. The maximum atomic E-state index is 9.58. The summed E-state index contributed by atoms with van der Waals surface area (Å²) in [5, 5.41) is 9.58. The fraction of sp³-hybridized carbons (Fsp3) is 0.273. The van der Waals surface area contributed by atoms with Gasteiger partial charge >= 0.3 is 0 Å². The van der Waals surface area contributed by atoms with Gasteiger partial charge in [-0.15, -0.1) is 0 Å². The van der Waals surface area contributed by atoms with Crippen LogP contribution in [0.1, 0.15) is 12.0 Å². The summed E-state index contributed by atoms with van der Waals surface area (Å²) in [5.41, 5.74) is 1.16. The van der Waals surface area contributed by atoms with Gasteiger partial charge in [-0.05, 0) is 16.5 Å². The summed E-state index contributed by atoms with van der Waals surface area (Å²) < 4.78 is 0.843. The number of rotatable bonds is 4. The van der Waals surface area contributed by atoms with Gasteiger partial charge in [-0.25, -0.2) is 0 Å². The van der Waals surface area contributed by atoms with E-state index in [9.17, 15) is 5.11 Å². The van der Waals surface area contributed by atoms with E-state index in [0.29, 0.717) is 12.8 Å². The van der Waals surface area contributed by atoms with E-state index < -0.39 is 0 Å². The van der Waals surface area contributed by atoms with Crippen LogP contribution in [0.5, 0.6) is 0 Å². The zero-order chi connectivity index (χ0) is 9.68. The van der Waals surface area contributed by atoms with Crippen LogP contribution in [0.2, 0.25) is 0 Å². The van der Waals surface area contributed by atoms with Crippen LogP contribution in [0.15, 0.2) is 41.4 Å². The third kappa shape index (κ3) is 4.25. The van der Waals surface area contributed by atoms with Crippen molar-refractivity contribution in [1.29, 1.82) is 0 Å². The fourth-order valence-electron chi connectivity index (χ4n) is 1.21. The second-order valence-electron chi connectivity index (χ2n) is 3.06. The molecule has 2 heteroatoms. The molecule has 70 valence electrons. The zero-order valence-electron chi connectivity index (χ0n) is 7.41. The molecule has 0 heterocycles. The van der Waals surface area contributed by atoms with Crippen molar-refractivity contribution in [3.63, 3.8) is 0 Å². The highest BCUT2D eigenvalue weighted by Gasteiger charge is 2.05. The number of aliphatic hydroxyl groups excluding tert-OH is 1. The molecule has 1 aromatic rings. The molecule has 1 aromatic carbocycles. The van der Waals surface area contributed by atoms with E-state index in [4.69, 9.17) is 0 Å². The lowest BCUT2D eigenvalue weighted by atomic mass is 10.1. The van der Waals surface area contributed by atoms with Crippen LogP contribution in [0.25, 0.3) is 0 Å². The Morgan fingerprint density at radius 2 is 2.00 bits per heavy atom. The Labute approximate surface area is 87.2 Å². The van der Waals surface area contributed by atoms with Gasteiger partial charge in [0.25, 0.3) is 0 Å². The highest BCUT2D eigenvalue weighted by atomic mass is 79.9. The van der Waals surface area contributed by atoms with E-state index in [1.165, 1.54) is 0 Å². The lowest BCUT2D eigenvalue weighted by Gasteiger charge is -2.08. The van der Waals surface area contributed by atoms with Gasteiger partial charge < -0.3 is 5.11 Å². The Hall–Kier alpha value is -0.600. The van der Waals surface area contributed by atoms with Crippen LogP contribution < -0.4 is 0 Å². The van der Waals surface area contributed by atoms with E-state index in [1.54, 1.807) is 0 Å². The second-order valence-corrected chi connectivity index (χ2v) is 4.19. The summed E-state index contributed by atoms with van der Waals surface area (Å²) in [5.74, 6) is 0. The van der Waals surface area contributed by atoms with Crippen molar-refractivity contribution < 1.29 is 5.11 Å². The molecule has 0 saturated heterocycles. The van der Waals surface area contributed by atoms with Crippen LogP contribution in [0.3, 0.4) is 0 Å². The lowest BCUT2D eigenvalue weighted by Crippen LogP contribution is -2.09. The van der Waals surface area contributed by atoms with E-state index in [1.807, 2.05) is 30.3 Å². The largest absolute Gasteiger partial charge is 0.392 e. The first-order chi connectivity index (χ1) is 6.18. The van der Waals surface area contributed by atoms with Crippen molar-refractivity contribution >= 4 is 15.9 Å².